The minimum absolute atomic E-state index is 0.0155. The minimum atomic E-state index is -0.744. The van der Waals surface area contributed by atoms with Crippen LogP contribution >= 0.6 is 11.8 Å². The maximum Gasteiger partial charge on any atom is 0.253 e. The van der Waals surface area contributed by atoms with E-state index in [1.54, 1.807) is 24.3 Å². The number of amides is 2. The van der Waals surface area contributed by atoms with E-state index in [0.717, 1.165) is 31.1 Å². The molecule has 1 aromatic carbocycles. The van der Waals surface area contributed by atoms with Gasteiger partial charge in [-0.1, -0.05) is 50.2 Å². The van der Waals surface area contributed by atoms with Gasteiger partial charge in [0, 0.05) is 29.9 Å². The van der Waals surface area contributed by atoms with Crippen LogP contribution in [0.4, 0.5) is 0 Å². The lowest BCUT2D eigenvalue weighted by molar-refractivity contribution is -0.697. The van der Waals surface area contributed by atoms with Crippen LogP contribution in [0.3, 0.4) is 0 Å². The van der Waals surface area contributed by atoms with Gasteiger partial charge in [0.1, 0.15) is 12.6 Å². The lowest BCUT2D eigenvalue weighted by Gasteiger charge is -2.21. The average Bonchev–Trinajstić information content (AvgIpc) is 2.75. The Morgan fingerprint density at radius 1 is 1.07 bits per heavy atom. The van der Waals surface area contributed by atoms with E-state index in [2.05, 4.69) is 9.88 Å². The Morgan fingerprint density at radius 3 is 2.43 bits per heavy atom. The molecular weight excluding hydrogens is 398 g/mol. The molecule has 6 nitrogen and oxygen atoms in total. The quantitative estimate of drug-likeness (QED) is 0.327. The van der Waals surface area contributed by atoms with Gasteiger partial charge in [-0.3, -0.25) is 14.4 Å². The van der Waals surface area contributed by atoms with Gasteiger partial charge in [-0.15, -0.1) is 0 Å². The van der Waals surface area contributed by atoms with Crippen LogP contribution in [0.15, 0.2) is 59.8 Å². The summed E-state index contributed by atoms with van der Waals surface area (Å²) in [6, 6.07) is 12.1. The molecule has 30 heavy (non-hydrogen) atoms. The molecule has 0 aliphatic heterocycles. The third-order valence-corrected chi connectivity index (χ3v) is 5.99. The molecular formula is C23H30N3O3S+. The van der Waals surface area contributed by atoms with E-state index in [1.165, 1.54) is 0 Å². The van der Waals surface area contributed by atoms with Crippen LogP contribution in [0.2, 0.25) is 0 Å². The summed E-state index contributed by atoms with van der Waals surface area (Å²) in [6.45, 7) is 4.67. The fourth-order valence-corrected chi connectivity index (χ4v) is 3.92. The number of unbranched alkanes of at least 4 members (excludes halogenated alkanes) is 1. The summed E-state index contributed by atoms with van der Waals surface area (Å²) in [7, 11) is 0. The number of nitrogens with one attached hydrogen (secondary N) is 1. The van der Waals surface area contributed by atoms with Crippen LogP contribution in [0, 0.1) is 5.92 Å². The van der Waals surface area contributed by atoms with Crippen molar-refractivity contribution >= 4 is 28.7 Å². The average molecular weight is 429 g/mol. The Hall–Kier alpha value is -2.67. The molecule has 2 atom stereocenters. The van der Waals surface area contributed by atoms with E-state index in [-0.39, 0.29) is 11.0 Å². The third kappa shape index (κ3) is 7.30. The van der Waals surface area contributed by atoms with E-state index >= 15 is 0 Å². The second-order valence-corrected chi connectivity index (χ2v) is 8.38. The van der Waals surface area contributed by atoms with E-state index in [1.807, 2.05) is 44.4 Å². The van der Waals surface area contributed by atoms with Gasteiger partial charge in [-0.25, -0.2) is 4.57 Å². The van der Waals surface area contributed by atoms with Crippen molar-refractivity contribution in [3.8, 4) is 0 Å². The molecule has 0 bridgehead atoms. The first-order valence-electron chi connectivity index (χ1n) is 10.3. The second-order valence-electron chi connectivity index (χ2n) is 7.28. The van der Waals surface area contributed by atoms with Gasteiger partial charge in [0.25, 0.3) is 5.91 Å². The Kier molecular flexibility index (Phi) is 9.54. The number of aryl methyl sites for hydroxylation is 1. The highest BCUT2D eigenvalue weighted by Crippen LogP contribution is 2.25. The predicted molar refractivity (Wildman–Crippen MR) is 118 cm³/mol. The first-order valence-corrected chi connectivity index (χ1v) is 11.1. The van der Waals surface area contributed by atoms with Crippen molar-refractivity contribution < 1.29 is 19.0 Å². The molecule has 0 spiro atoms. The summed E-state index contributed by atoms with van der Waals surface area (Å²) in [5.41, 5.74) is 5.83. The summed E-state index contributed by atoms with van der Waals surface area (Å²) in [5, 5.41) is 2.74. The number of carbonyl (C=O) groups is 3. The topological polar surface area (TPSA) is 93.1 Å². The minimum Gasteiger partial charge on any atom is -0.368 e. The fraction of sp³-hybridized carbons (Fsp3) is 0.391. The molecule has 2 rings (SSSR count). The first kappa shape index (κ1) is 23.6. The molecule has 1 heterocycles. The first-order chi connectivity index (χ1) is 14.4. The zero-order valence-corrected chi connectivity index (χ0v) is 18.4. The largest absolute Gasteiger partial charge is 0.368 e. The van der Waals surface area contributed by atoms with Crippen LogP contribution in [-0.2, 0) is 16.1 Å². The monoisotopic (exact) mass is 428 g/mol. The van der Waals surface area contributed by atoms with Crippen molar-refractivity contribution in [2.45, 2.75) is 57.0 Å². The Bertz CT molecular complexity index is 858. The molecule has 1 aromatic heterocycles. The number of hydrogen-bond acceptors (Lipinski definition) is 4. The molecule has 0 saturated carbocycles. The lowest BCUT2D eigenvalue weighted by atomic mass is 9.98. The number of nitrogens with zero attached hydrogens (tertiary/aromatic N) is 1. The molecule has 2 unspecified atom stereocenters. The molecule has 0 aliphatic rings. The molecule has 0 aliphatic carbocycles. The summed E-state index contributed by atoms with van der Waals surface area (Å²) in [5.74, 6) is -1.03. The van der Waals surface area contributed by atoms with Gasteiger partial charge in [0.05, 0.1) is 5.56 Å². The highest BCUT2D eigenvalue weighted by molar-refractivity contribution is 8.13. The van der Waals surface area contributed by atoms with Crippen LogP contribution in [0.25, 0.3) is 0 Å². The van der Waals surface area contributed by atoms with E-state index in [9.17, 15) is 14.4 Å². The fourth-order valence-electron chi connectivity index (χ4n) is 3.01. The molecule has 160 valence electrons. The molecule has 2 aromatic rings. The van der Waals surface area contributed by atoms with E-state index in [0.29, 0.717) is 23.3 Å². The van der Waals surface area contributed by atoms with Crippen molar-refractivity contribution in [3.63, 3.8) is 0 Å². The van der Waals surface area contributed by atoms with Gasteiger partial charge < -0.3 is 11.1 Å². The number of pyridine rings is 1. The molecule has 3 N–H and O–H groups in total. The van der Waals surface area contributed by atoms with Gasteiger partial charge in [-0.2, -0.15) is 0 Å². The summed E-state index contributed by atoms with van der Waals surface area (Å²) in [4.78, 5) is 37.5. The van der Waals surface area contributed by atoms with E-state index in [4.69, 9.17) is 5.73 Å². The van der Waals surface area contributed by atoms with Crippen LogP contribution in [0.5, 0.6) is 0 Å². The number of carbonyl (C=O) groups excluding carboxylic acids is 3. The number of benzene rings is 1. The molecule has 7 heteroatoms. The molecule has 0 fully saturated rings. The lowest BCUT2D eigenvalue weighted by Crippen LogP contribution is -2.48. The standard InChI is InChI=1S/C23H29N3O3S/c1-3-17(2)21(22(24)28)25-23(29)18-11-5-6-12-19(18)30-20(27)13-7-10-16-26-14-8-4-9-15-26/h4-6,8-9,11-12,14-15,17,21H,3,7,10,13,16H2,1-2H3,(H2-,24,25,28,29)/p+1. The molecule has 0 radical (unpaired) electrons. The van der Waals surface area contributed by atoms with Crippen LogP contribution in [-0.4, -0.2) is 23.0 Å². The maximum atomic E-state index is 12.8. The Balaban J connectivity index is 1.92. The number of rotatable bonds is 11. The number of primary amides is 1. The van der Waals surface area contributed by atoms with Crippen LogP contribution in [0.1, 0.15) is 49.9 Å². The van der Waals surface area contributed by atoms with Crippen molar-refractivity contribution in [1.29, 1.82) is 0 Å². The normalized spacial score (nSPS) is 12.7. The Morgan fingerprint density at radius 2 is 1.77 bits per heavy atom. The SMILES string of the molecule is CCC(C)C(NC(=O)c1ccccc1SC(=O)CCCC[n+]1ccccc1)C(N)=O. The number of hydrogen-bond donors (Lipinski definition) is 2. The zero-order chi connectivity index (χ0) is 21.9. The van der Waals surface area contributed by atoms with Crippen molar-refractivity contribution in [2.75, 3.05) is 0 Å². The van der Waals surface area contributed by atoms with Gasteiger partial charge in [0.15, 0.2) is 17.5 Å². The van der Waals surface area contributed by atoms with Crippen molar-refractivity contribution in [3.05, 3.63) is 60.4 Å². The summed E-state index contributed by atoms with van der Waals surface area (Å²) >= 11 is 1.07. The van der Waals surface area contributed by atoms with Crippen LogP contribution < -0.4 is 15.6 Å². The summed E-state index contributed by atoms with van der Waals surface area (Å²) in [6.07, 6.45) is 6.83. The van der Waals surface area contributed by atoms with E-state index < -0.39 is 17.9 Å². The maximum absolute atomic E-state index is 12.8. The number of nitrogens with two attached hydrogens (primary N) is 1. The highest BCUT2D eigenvalue weighted by Gasteiger charge is 2.25. The predicted octanol–water partition coefficient (Wildman–Crippen LogP) is 3.09. The second kappa shape index (κ2) is 12.1. The van der Waals surface area contributed by atoms with Gasteiger partial charge >= 0.3 is 0 Å². The zero-order valence-electron chi connectivity index (χ0n) is 17.5. The third-order valence-electron chi connectivity index (χ3n) is 4.99. The number of thioether (sulfide) groups is 1. The Labute approximate surface area is 182 Å². The van der Waals surface area contributed by atoms with Crippen molar-refractivity contribution in [2.24, 2.45) is 11.7 Å². The molecule has 0 saturated heterocycles. The molecule has 2 amide bonds. The van der Waals surface area contributed by atoms with Gasteiger partial charge in [0.2, 0.25) is 5.91 Å². The van der Waals surface area contributed by atoms with Crippen molar-refractivity contribution in [1.82, 2.24) is 5.32 Å². The highest BCUT2D eigenvalue weighted by atomic mass is 32.2. The van der Waals surface area contributed by atoms with Gasteiger partial charge in [-0.05, 0) is 24.5 Å². The smallest absolute Gasteiger partial charge is 0.253 e. The summed E-state index contributed by atoms with van der Waals surface area (Å²) < 4.78 is 2.09. The number of aromatic nitrogens is 1.